The first-order valence-electron chi connectivity index (χ1n) is 11.5. The highest BCUT2D eigenvalue weighted by molar-refractivity contribution is 5.76. The number of nitrogens with one attached hydrogen (secondary N) is 1. The van der Waals surface area contributed by atoms with Crippen LogP contribution in [0.25, 0.3) is 5.65 Å². The van der Waals surface area contributed by atoms with Crippen molar-refractivity contribution in [3.8, 4) is 5.75 Å². The lowest BCUT2D eigenvalue weighted by Crippen LogP contribution is -2.40. The van der Waals surface area contributed by atoms with Gasteiger partial charge in [0.15, 0.2) is 5.65 Å². The number of carbonyl (C=O) groups excluding carboxylic acids is 1. The average molecular weight is 436 g/mol. The predicted molar refractivity (Wildman–Crippen MR) is 120 cm³/mol. The lowest BCUT2D eigenvalue weighted by molar-refractivity contribution is -0.131. The van der Waals surface area contributed by atoms with Crippen molar-refractivity contribution < 1.29 is 9.90 Å². The first-order chi connectivity index (χ1) is 15.5. The molecule has 1 atom stereocenters. The lowest BCUT2D eigenvalue weighted by Gasteiger charge is -2.35. The van der Waals surface area contributed by atoms with Crippen LogP contribution in [0.2, 0.25) is 0 Å². The summed E-state index contributed by atoms with van der Waals surface area (Å²) in [7, 11) is 0. The second kappa shape index (κ2) is 8.43. The summed E-state index contributed by atoms with van der Waals surface area (Å²) in [6.45, 7) is 4.36. The SMILES string of the molecule is CCC(=O)N1CCc2nc3cc([C@@H]4CCCCN4Cc4ccccc4O)[nH]n3c(=O)c2C1. The Balaban J connectivity index is 1.47. The second-order valence-corrected chi connectivity index (χ2v) is 8.78. The molecular formula is C24H29N5O3. The highest BCUT2D eigenvalue weighted by Crippen LogP contribution is 2.33. The number of benzene rings is 1. The van der Waals surface area contributed by atoms with Gasteiger partial charge < -0.3 is 10.0 Å². The number of nitrogens with zero attached hydrogens (tertiary/aromatic N) is 4. The molecule has 168 valence electrons. The van der Waals surface area contributed by atoms with Crippen molar-refractivity contribution in [1.29, 1.82) is 0 Å². The van der Waals surface area contributed by atoms with Gasteiger partial charge in [-0.2, -0.15) is 0 Å². The molecule has 1 aromatic carbocycles. The largest absolute Gasteiger partial charge is 0.508 e. The van der Waals surface area contributed by atoms with Crippen LogP contribution in [0.1, 0.15) is 61.2 Å². The van der Waals surface area contributed by atoms with Crippen molar-refractivity contribution in [1.82, 2.24) is 24.4 Å². The summed E-state index contributed by atoms with van der Waals surface area (Å²) < 4.78 is 1.53. The van der Waals surface area contributed by atoms with Crippen LogP contribution in [-0.4, -0.2) is 48.5 Å². The van der Waals surface area contributed by atoms with Gasteiger partial charge in [0.2, 0.25) is 5.91 Å². The van der Waals surface area contributed by atoms with E-state index < -0.39 is 0 Å². The molecule has 0 radical (unpaired) electrons. The quantitative estimate of drug-likeness (QED) is 0.657. The summed E-state index contributed by atoms with van der Waals surface area (Å²) in [5.74, 6) is 0.375. The third-order valence-corrected chi connectivity index (χ3v) is 6.77. The molecule has 0 aliphatic carbocycles. The Bertz CT molecular complexity index is 1210. The van der Waals surface area contributed by atoms with E-state index in [2.05, 4.69) is 10.00 Å². The summed E-state index contributed by atoms with van der Waals surface area (Å²) in [4.78, 5) is 34.3. The van der Waals surface area contributed by atoms with Crippen molar-refractivity contribution in [2.75, 3.05) is 13.1 Å². The molecule has 5 rings (SSSR count). The van der Waals surface area contributed by atoms with E-state index in [9.17, 15) is 14.7 Å². The monoisotopic (exact) mass is 435 g/mol. The molecule has 2 aromatic heterocycles. The van der Waals surface area contributed by atoms with Crippen LogP contribution in [0.4, 0.5) is 0 Å². The van der Waals surface area contributed by atoms with Crippen LogP contribution < -0.4 is 5.56 Å². The molecule has 0 bridgehead atoms. The smallest absolute Gasteiger partial charge is 0.277 e. The first kappa shape index (κ1) is 20.8. The van der Waals surface area contributed by atoms with Gasteiger partial charge in [0.05, 0.1) is 29.5 Å². The number of para-hydroxylation sites is 1. The van der Waals surface area contributed by atoms with Gasteiger partial charge in [-0.25, -0.2) is 9.50 Å². The zero-order chi connectivity index (χ0) is 22.2. The zero-order valence-corrected chi connectivity index (χ0v) is 18.4. The maximum absolute atomic E-state index is 13.2. The van der Waals surface area contributed by atoms with E-state index in [1.54, 1.807) is 11.0 Å². The van der Waals surface area contributed by atoms with Crippen LogP contribution in [0, 0.1) is 0 Å². The number of phenols is 1. The van der Waals surface area contributed by atoms with Crippen LogP contribution >= 0.6 is 0 Å². The molecule has 4 heterocycles. The first-order valence-corrected chi connectivity index (χ1v) is 11.5. The summed E-state index contributed by atoms with van der Waals surface area (Å²) in [6, 6.07) is 9.56. The molecule has 0 saturated carbocycles. The maximum atomic E-state index is 13.2. The number of rotatable bonds is 4. The Morgan fingerprint density at radius 2 is 2.09 bits per heavy atom. The maximum Gasteiger partial charge on any atom is 0.277 e. The number of amides is 1. The van der Waals surface area contributed by atoms with Crippen LogP contribution in [0.5, 0.6) is 5.75 Å². The van der Waals surface area contributed by atoms with Gasteiger partial charge in [0.1, 0.15) is 5.75 Å². The molecule has 8 nitrogen and oxygen atoms in total. The van der Waals surface area contributed by atoms with Gasteiger partial charge in [-0.15, -0.1) is 0 Å². The van der Waals surface area contributed by atoms with E-state index in [1.807, 2.05) is 31.2 Å². The van der Waals surface area contributed by atoms with Crippen LogP contribution in [-0.2, 0) is 24.3 Å². The Morgan fingerprint density at radius 1 is 1.25 bits per heavy atom. The van der Waals surface area contributed by atoms with Gasteiger partial charge in [-0.05, 0) is 25.5 Å². The Labute approximate surface area is 186 Å². The molecule has 2 aliphatic heterocycles. The van der Waals surface area contributed by atoms with Crippen molar-refractivity contribution >= 4 is 11.6 Å². The minimum Gasteiger partial charge on any atom is -0.508 e. The van der Waals surface area contributed by atoms with E-state index >= 15 is 0 Å². The number of phenolic OH excluding ortho intramolecular Hbond substituents is 1. The van der Waals surface area contributed by atoms with Crippen molar-refractivity contribution in [2.45, 2.75) is 58.2 Å². The van der Waals surface area contributed by atoms with Crippen LogP contribution in [0.3, 0.4) is 0 Å². The number of carbonyl (C=O) groups is 1. The minimum atomic E-state index is -0.118. The Hall–Kier alpha value is -3.13. The summed E-state index contributed by atoms with van der Waals surface area (Å²) in [5.41, 5.74) is 3.80. The molecule has 3 aromatic rings. The molecule has 8 heteroatoms. The molecule has 0 spiro atoms. The Morgan fingerprint density at radius 3 is 2.91 bits per heavy atom. The summed E-state index contributed by atoms with van der Waals surface area (Å²) in [6.07, 6.45) is 4.25. The zero-order valence-electron chi connectivity index (χ0n) is 18.4. The number of likely N-dealkylation sites (tertiary alicyclic amines) is 1. The average Bonchev–Trinajstić information content (AvgIpc) is 3.24. The minimum absolute atomic E-state index is 0.0642. The van der Waals surface area contributed by atoms with E-state index in [0.717, 1.165) is 42.8 Å². The fraction of sp³-hybridized carbons (Fsp3) is 0.458. The fourth-order valence-electron chi connectivity index (χ4n) is 5.00. The standard InChI is InChI=1S/C24H29N5O3/c1-2-23(31)28-12-10-18-17(15-28)24(32)29-22(25-18)13-19(26-29)20-8-5-6-11-27(20)14-16-7-3-4-9-21(16)30/h3-4,7,9,13,20,26,30H,2,5-6,8,10-12,14-15H2,1H3/t20-/m0/s1. The molecule has 1 amide bonds. The highest BCUT2D eigenvalue weighted by atomic mass is 16.3. The number of piperidine rings is 1. The van der Waals surface area contributed by atoms with Gasteiger partial charge >= 0.3 is 0 Å². The number of hydrogen-bond acceptors (Lipinski definition) is 5. The van der Waals surface area contributed by atoms with Crippen molar-refractivity contribution in [2.24, 2.45) is 0 Å². The topological polar surface area (TPSA) is 93.9 Å². The number of aromatic hydroxyl groups is 1. The summed E-state index contributed by atoms with van der Waals surface area (Å²) >= 11 is 0. The summed E-state index contributed by atoms with van der Waals surface area (Å²) in [5, 5.41) is 13.5. The van der Waals surface area contributed by atoms with Gasteiger partial charge in [0, 0.05) is 37.6 Å². The molecule has 0 unspecified atom stereocenters. The number of hydrogen-bond donors (Lipinski definition) is 2. The van der Waals surface area contributed by atoms with Gasteiger partial charge in [-0.1, -0.05) is 31.5 Å². The van der Waals surface area contributed by atoms with E-state index in [4.69, 9.17) is 4.98 Å². The number of aromatic nitrogens is 3. The molecule has 1 saturated heterocycles. The molecule has 1 fully saturated rings. The van der Waals surface area contributed by atoms with Crippen LogP contribution in [0.15, 0.2) is 35.1 Å². The highest BCUT2D eigenvalue weighted by Gasteiger charge is 2.28. The van der Waals surface area contributed by atoms with Gasteiger partial charge in [-0.3, -0.25) is 19.6 Å². The number of aromatic amines is 1. The fourth-order valence-corrected chi connectivity index (χ4v) is 5.00. The number of H-pyrrole nitrogens is 1. The normalized spacial score (nSPS) is 19.3. The second-order valence-electron chi connectivity index (χ2n) is 8.78. The Kier molecular flexibility index (Phi) is 5.46. The van der Waals surface area contributed by atoms with Gasteiger partial charge in [0.25, 0.3) is 5.56 Å². The number of fused-ring (bicyclic) bond motifs is 2. The van der Waals surface area contributed by atoms with Crippen molar-refractivity contribution in [3.63, 3.8) is 0 Å². The molecule has 2 aliphatic rings. The third kappa shape index (κ3) is 3.68. The molecule has 2 N–H and O–H groups in total. The predicted octanol–water partition coefficient (Wildman–Crippen LogP) is 2.75. The van der Waals surface area contributed by atoms with Crippen molar-refractivity contribution in [3.05, 3.63) is 63.2 Å². The lowest BCUT2D eigenvalue weighted by atomic mass is 9.98. The van der Waals surface area contributed by atoms with E-state index in [1.165, 1.54) is 4.52 Å². The molecular weight excluding hydrogens is 406 g/mol. The van der Waals surface area contributed by atoms with E-state index in [-0.39, 0.29) is 17.5 Å². The van der Waals surface area contributed by atoms with E-state index in [0.29, 0.717) is 49.4 Å². The third-order valence-electron chi connectivity index (χ3n) is 6.77. The molecule has 32 heavy (non-hydrogen) atoms.